The van der Waals surface area contributed by atoms with Crippen LogP contribution in [-0.4, -0.2) is 16.1 Å². The second-order valence-corrected chi connectivity index (χ2v) is 5.64. The first kappa shape index (κ1) is 15.0. The van der Waals surface area contributed by atoms with E-state index < -0.39 is 5.97 Å². The third-order valence-electron chi connectivity index (χ3n) is 3.74. The molecular formula is C20H17NO2. The van der Waals surface area contributed by atoms with Crippen molar-refractivity contribution in [2.75, 3.05) is 0 Å². The summed E-state index contributed by atoms with van der Waals surface area (Å²) in [5, 5.41) is 10.0. The molecule has 0 radical (unpaired) electrons. The Labute approximate surface area is 134 Å². The first-order valence-corrected chi connectivity index (χ1v) is 7.42. The molecule has 1 aromatic heterocycles. The van der Waals surface area contributed by atoms with Gasteiger partial charge >= 0.3 is 5.97 Å². The van der Waals surface area contributed by atoms with E-state index in [0.717, 1.165) is 11.1 Å². The highest BCUT2D eigenvalue weighted by Crippen LogP contribution is 2.21. The molecule has 0 aliphatic heterocycles. The van der Waals surface area contributed by atoms with Gasteiger partial charge in [0.2, 0.25) is 0 Å². The number of aromatic nitrogens is 1. The second kappa shape index (κ2) is 6.05. The number of pyridine rings is 1. The normalized spacial score (nSPS) is 11.2. The maximum absolute atomic E-state index is 11.4. The molecular weight excluding hydrogens is 286 g/mol. The second-order valence-electron chi connectivity index (χ2n) is 5.64. The van der Waals surface area contributed by atoms with Crippen molar-refractivity contribution in [2.45, 2.75) is 13.8 Å². The van der Waals surface area contributed by atoms with Crippen molar-refractivity contribution in [3.8, 4) is 0 Å². The fourth-order valence-electron chi connectivity index (χ4n) is 2.53. The molecule has 0 atom stereocenters. The Kier molecular flexibility index (Phi) is 3.94. The van der Waals surface area contributed by atoms with E-state index in [0.29, 0.717) is 16.6 Å². The number of carboxylic acid groups (broad SMARTS) is 1. The summed E-state index contributed by atoms with van der Waals surface area (Å²) in [7, 11) is 0. The maximum Gasteiger partial charge on any atom is 0.336 e. The minimum Gasteiger partial charge on any atom is -0.478 e. The number of carbonyl (C=O) groups is 1. The van der Waals surface area contributed by atoms with Crippen LogP contribution in [0, 0.1) is 13.8 Å². The molecule has 0 unspecified atom stereocenters. The Morgan fingerprint density at radius 3 is 2.30 bits per heavy atom. The summed E-state index contributed by atoms with van der Waals surface area (Å²) in [6, 6.07) is 15.5. The number of aromatic carboxylic acids is 1. The lowest BCUT2D eigenvalue weighted by Crippen LogP contribution is -2.00. The average Bonchev–Trinajstić information content (AvgIpc) is 2.53. The van der Waals surface area contributed by atoms with Crippen LogP contribution in [0.4, 0.5) is 0 Å². The number of hydrogen-bond acceptors (Lipinski definition) is 2. The highest BCUT2D eigenvalue weighted by Gasteiger charge is 2.10. The van der Waals surface area contributed by atoms with Gasteiger partial charge in [-0.1, -0.05) is 48.0 Å². The van der Waals surface area contributed by atoms with Crippen LogP contribution in [0.25, 0.3) is 23.1 Å². The standard InChI is InChI=1S/C20H17NO2/c1-13-3-5-15(6-4-13)7-8-16-9-10-19-17(12-16)18(20(22)23)11-14(2)21-19/h3-12H,1-2H3,(H,22,23)/b8-7+. The smallest absolute Gasteiger partial charge is 0.336 e. The molecule has 0 aliphatic rings. The zero-order valence-corrected chi connectivity index (χ0v) is 13.1. The Morgan fingerprint density at radius 2 is 1.61 bits per heavy atom. The van der Waals surface area contributed by atoms with Crippen LogP contribution in [0.15, 0.2) is 48.5 Å². The fourth-order valence-corrected chi connectivity index (χ4v) is 2.53. The van der Waals surface area contributed by atoms with Gasteiger partial charge in [-0.2, -0.15) is 0 Å². The number of hydrogen-bond donors (Lipinski definition) is 1. The van der Waals surface area contributed by atoms with E-state index in [-0.39, 0.29) is 5.56 Å². The summed E-state index contributed by atoms with van der Waals surface area (Å²) in [4.78, 5) is 15.8. The van der Waals surface area contributed by atoms with Gasteiger partial charge in [0.15, 0.2) is 0 Å². The monoisotopic (exact) mass is 303 g/mol. The molecule has 2 aromatic carbocycles. The van der Waals surface area contributed by atoms with Gasteiger partial charge in [-0.25, -0.2) is 4.79 Å². The highest BCUT2D eigenvalue weighted by molar-refractivity contribution is 6.03. The van der Waals surface area contributed by atoms with Crippen molar-refractivity contribution in [3.63, 3.8) is 0 Å². The lowest BCUT2D eigenvalue weighted by atomic mass is 10.0. The summed E-state index contributed by atoms with van der Waals surface area (Å²) in [5.74, 6) is -0.930. The topological polar surface area (TPSA) is 50.2 Å². The molecule has 114 valence electrons. The lowest BCUT2D eigenvalue weighted by molar-refractivity contribution is 0.0699. The van der Waals surface area contributed by atoms with Crippen LogP contribution in [-0.2, 0) is 0 Å². The molecule has 0 saturated heterocycles. The molecule has 3 nitrogen and oxygen atoms in total. The van der Waals surface area contributed by atoms with Gasteiger partial charge in [0.25, 0.3) is 0 Å². The number of benzene rings is 2. The molecule has 3 rings (SSSR count). The number of carboxylic acids is 1. The molecule has 0 fully saturated rings. The minimum atomic E-state index is -0.930. The summed E-state index contributed by atoms with van der Waals surface area (Å²) in [6.45, 7) is 3.86. The zero-order chi connectivity index (χ0) is 16.4. The SMILES string of the molecule is Cc1ccc(/C=C/c2ccc3nc(C)cc(C(=O)O)c3c2)cc1. The van der Waals surface area contributed by atoms with E-state index in [1.54, 1.807) is 13.0 Å². The number of fused-ring (bicyclic) bond motifs is 1. The van der Waals surface area contributed by atoms with Gasteiger partial charge in [-0.05, 0) is 43.2 Å². The first-order chi connectivity index (χ1) is 11.0. The van der Waals surface area contributed by atoms with E-state index in [1.165, 1.54) is 5.56 Å². The van der Waals surface area contributed by atoms with Crippen LogP contribution in [0.5, 0.6) is 0 Å². The maximum atomic E-state index is 11.4. The van der Waals surface area contributed by atoms with Gasteiger partial charge in [-0.15, -0.1) is 0 Å². The van der Waals surface area contributed by atoms with Gasteiger partial charge in [-0.3, -0.25) is 4.98 Å². The predicted octanol–water partition coefficient (Wildman–Crippen LogP) is 4.72. The Balaban J connectivity index is 2.02. The molecule has 3 aromatic rings. The summed E-state index contributed by atoms with van der Waals surface area (Å²) in [6.07, 6.45) is 4.00. The van der Waals surface area contributed by atoms with Crippen molar-refractivity contribution in [1.29, 1.82) is 0 Å². The van der Waals surface area contributed by atoms with Crippen LogP contribution in [0.1, 0.15) is 32.7 Å². The van der Waals surface area contributed by atoms with E-state index in [9.17, 15) is 9.90 Å². The molecule has 0 amide bonds. The molecule has 0 aliphatic carbocycles. The van der Waals surface area contributed by atoms with Gasteiger partial charge in [0.1, 0.15) is 0 Å². The van der Waals surface area contributed by atoms with Crippen molar-refractivity contribution >= 4 is 29.0 Å². The summed E-state index contributed by atoms with van der Waals surface area (Å²) < 4.78 is 0. The Morgan fingerprint density at radius 1 is 0.957 bits per heavy atom. The van der Waals surface area contributed by atoms with E-state index in [2.05, 4.69) is 36.2 Å². The fraction of sp³-hybridized carbons (Fsp3) is 0.100. The zero-order valence-electron chi connectivity index (χ0n) is 13.1. The molecule has 23 heavy (non-hydrogen) atoms. The Hall–Kier alpha value is -2.94. The molecule has 0 spiro atoms. The van der Waals surface area contributed by atoms with Crippen molar-refractivity contribution in [2.24, 2.45) is 0 Å². The molecule has 1 heterocycles. The Bertz CT molecular complexity index is 909. The average molecular weight is 303 g/mol. The van der Waals surface area contributed by atoms with Gasteiger partial charge in [0, 0.05) is 11.1 Å². The van der Waals surface area contributed by atoms with Crippen LogP contribution in [0.3, 0.4) is 0 Å². The third-order valence-corrected chi connectivity index (χ3v) is 3.74. The molecule has 0 bridgehead atoms. The predicted molar refractivity (Wildman–Crippen MR) is 93.5 cm³/mol. The highest BCUT2D eigenvalue weighted by atomic mass is 16.4. The van der Waals surface area contributed by atoms with E-state index in [1.807, 2.05) is 30.4 Å². The lowest BCUT2D eigenvalue weighted by Gasteiger charge is -2.05. The number of nitrogens with zero attached hydrogens (tertiary/aromatic N) is 1. The van der Waals surface area contributed by atoms with Crippen LogP contribution < -0.4 is 0 Å². The summed E-state index contributed by atoms with van der Waals surface area (Å²) in [5.41, 5.74) is 4.98. The van der Waals surface area contributed by atoms with Gasteiger partial charge in [0.05, 0.1) is 11.1 Å². The minimum absolute atomic E-state index is 0.290. The number of aryl methyl sites for hydroxylation is 2. The van der Waals surface area contributed by atoms with E-state index >= 15 is 0 Å². The van der Waals surface area contributed by atoms with Crippen molar-refractivity contribution in [3.05, 3.63) is 76.5 Å². The first-order valence-electron chi connectivity index (χ1n) is 7.42. The third kappa shape index (κ3) is 3.29. The quantitative estimate of drug-likeness (QED) is 0.712. The summed E-state index contributed by atoms with van der Waals surface area (Å²) >= 11 is 0. The van der Waals surface area contributed by atoms with E-state index in [4.69, 9.17) is 0 Å². The van der Waals surface area contributed by atoms with Crippen LogP contribution >= 0.6 is 0 Å². The molecule has 0 saturated carbocycles. The van der Waals surface area contributed by atoms with Crippen molar-refractivity contribution < 1.29 is 9.90 Å². The molecule has 1 N–H and O–H groups in total. The van der Waals surface area contributed by atoms with Crippen molar-refractivity contribution in [1.82, 2.24) is 4.98 Å². The number of rotatable bonds is 3. The van der Waals surface area contributed by atoms with Crippen LogP contribution in [0.2, 0.25) is 0 Å². The van der Waals surface area contributed by atoms with Gasteiger partial charge < -0.3 is 5.11 Å². The molecule has 3 heteroatoms. The largest absolute Gasteiger partial charge is 0.478 e.